The molecule has 0 saturated carbocycles. The van der Waals surface area contributed by atoms with Crippen LogP contribution in [-0.2, 0) is 25.5 Å². The molecule has 0 unspecified atom stereocenters. The van der Waals surface area contributed by atoms with Gasteiger partial charge in [-0.3, -0.25) is 0 Å². The van der Waals surface area contributed by atoms with E-state index >= 15 is 0 Å². The Bertz CT molecular complexity index is 1180. The van der Waals surface area contributed by atoms with Gasteiger partial charge in [0.05, 0.1) is 5.82 Å². The third-order valence-electron chi connectivity index (χ3n) is 5.22. The number of aromatic nitrogens is 5. The summed E-state index contributed by atoms with van der Waals surface area (Å²) >= 11 is 0. The van der Waals surface area contributed by atoms with Crippen molar-refractivity contribution < 1.29 is 20.1 Å². The van der Waals surface area contributed by atoms with Gasteiger partial charge in [0.15, 0.2) is 5.82 Å². The van der Waals surface area contributed by atoms with E-state index in [-0.39, 0.29) is 25.5 Å². The number of aryl methyl sites for hydroxylation is 3. The SMILES string of the molecule is Cc1ccccc1-c1nnc(-c2[c-]nc(C(C)(C)C)nc2)n1-c1c(C)cccc1C.[Ir]. The fraction of sp³-hybridized carbons (Fsp3) is 0.280. The van der Waals surface area contributed by atoms with Crippen LogP contribution in [0.1, 0.15) is 43.3 Å². The first kappa shape index (κ1) is 23.0. The van der Waals surface area contributed by atoms with Crippen LogP contribution in [-0.4, -0.2) is 24.7 Å². The Morgan fingerprint density at radius 2 is 1.42 bits per heavy atom. The van der Waals surface area contributed by atoms with Gasteiger partial charge in [0.1, 0.15) is 0 Å². The first-order valence-electron chi connectivity index (χ1n) is 10.1. The average molecular weight is 589 g/mol. The summed E-state index contributed by atoms with van der Waals surface area (Å²) in [6, 6.07) is 14.5. The minimum atomic E-state index is -0.137. The second-order valence-corrected chi connectivity index (χ2v) is 8.71. The average Bonchev–Trinajstić information content (AvgIpc) is 3.12. The molecule has 161 valence electrons. The van der Waals surface area contributed by atoms with E-state index in [0.29, 0.717) is 5.82 Å². The standard InChI is InChI=1S/C25H26N5.Ir/c1-16-10-7-8-13-20(16)23-29-28-22(19-14-26-24(27-15-19)25(4,5)6)30(23)21-17(2)11-9-12-18(21)3;/h7-14H,1-6H3;/q-1;. The van der Waals surface area contributed by atoms with Gasteiger partial charge in [-0.05, 0) is 49.1 Å². The molecule has 6 heteroatoms. The van der Waals surface area contributed by atoms with Crippen LogP contribution in [0.15, 0.2) is 48.7 Å². The Balaban J connectivity index is 0.00000272. The second kappa shape index (κ2) is 8.81. The number of benzene rings is 2. The molecule has 0 N–H and O–H groups in total. The normalized spacial score (nSPS) is 11.3. The molecule has 4 aromatic rings. The van der Waals surface area contributed by atoms with Crippen molar-refractivity contribution >= 4 is 0 Å². The maximum Gasteiger partial charge on any atom is 0.159 e. The Morgan fingerprint density at radius 1 is 0.806 bits per heavy atom. The molecule has 1 radical (unpaired) electrons. The number of rotatable bonds is 3. The molecule has 31 heavy (non-hydrogen) atoms. The molecule has 0 aliphatic heterocycles. The van der Waals surface area contributed by atoms with E-state index in [4.69, 9.17) is 0 Å². The molecule has 4 rings (SSSR count). The molecule has 5 nitrogen and oxygen atoms in total. The number of hydrogen-bond donors (Lipinski definition) is 0. The molecule has 0 saturated heterocycles. The smallest absolute Gasteiger partial charge is 0.159 e. The van der Waals surface area contributed by atoms with E-state index in [1.54, 1.807) is 6.20 Å². The molecule has 2 heterocycles. The zero-order valence-corrected chi connectivity index (χ0v) is 21.1. The maximum absolute atomic E-state index is 4.59. The summed E-state index contributed by atoms with van der Waals surface area (Å²) in [7, 11) is 0. The molecule has 0 aliphatic rings. The van der Waals surface area contributed by atoms with Gasteiger partial charge in [0.2, 0.25) is 0 Å². The first-order chi connectivity index (χ1) is 14.3. The van der Waals surface area contributed by atoms with Crippen LogP contribution in [0, 0.1) is 27.0 Å². The van der Waals surface area contributed by atoms with E-state index in [1.807, 2.05) is 12.1 Å². The van der Waals surface area contributed by atoms with Crippen LogP contribution in [0.2, 0.25) is 0 Å². The summed E-state index contributed by atoms with van der Waals surface area (Å²) in [5, 5.41) is 9.15. The molecular weight excluding hydrogens is 563 g/mol. The molecule has 0 bridgehead atoms. The van der Waals surface area contributed by atoms with Gasteiger partial charge in [-0.1, -0.05) is 75.0 Å². The van der Waals surface area contributed by atoms with Gasteiger partial charge in [0.25, 0.3) is 0 Å². The molecule has 2 aromatic carbocycles. The van der Waals surface area contributed by atoms with Crippen LogP contribution < -0.4 is 0 Å². The molecule has 0 atom stereocenters. The van der Waals surface area contributed by atoms with Crippen LogP contribution in [0.25, 0.3) is 28.5 Å². The van der Waals surface area contributed by atoms with Crippen molar-refractivity contribution in [3.05, 3.63) is 77.4 Å². The molecule has 2 aromatic heterocycles. The van der Waals surface area contributed by atoms with Crippen LogP contribution in [0.3, 0.4) is 0 Å². The Morgan fingerprint density at radius 3 is 2.00 bits per heavy atom. The van der Waals surface area contributed by atoms with Crippen molar-refractivity contribution in [1.82, 2.24) is 24.7 Å². The van der Waals surface area contributed by atoms with Gasteiger partial charge in [-0.25, -0.2) is 0 Å². The van der Waals surface area contributed by atoms with Crippen LogP contribution in [0.4, 0.5) is 0 Å². The van der Waals surface area contributed by atoms with Crippen molar-refractivity contribution in [2.45, 2.75) is 47.0 Å². The summed E-state index contributed by atoms with van der Waals surface area (Å²) in [4.78, 5) is 9.07. The first-order valence-corrected chi connectivity index (χ1v) is 10.1. The zero-order valence-electron chi connectivity index (χ0n) is 18.7. The van der Waals surface area contributed by atoms with Gasteiger partial charge < -0.3 is 14.5 Å². The quantitative estimate of drug-likeness (QED) is 0.301. The fourth-order valence-corrected chi connectivity index (χ4v) is 3.59. The summed E-state index contributed by atoms with van der Waals surface area (Å²) in [5.74, 6) is 2.24. The Hall–Kier alpha value is -2.69. The van der Waals surface area contributed by atoms with Crippen LogP contribution in [0.5, 0.6) is 0 Å². The number of hydrogen-bond acceptors (Lipinski definition) is 4. The molecule has 0 spiro atoms. The predicted molar refractivity (Wildman–Crippen MR) is 120 cm³/mol. The van der Waals surface area contributed by atoms with E-state index in [0.717, 1.165) is 45.2 Å². The summed E-state index contributed by atoms with van der Waals surface area (Å²) < 4.78 is 2.11. The van der Waals surface area contributed by atoms with E-state index < -0.39 is 0 Å². The maximum atomic E-state index is 4.59. The summed E-state index contributed by atoms with van der Waals surface area (Å²) in [5.41, 5.74) is 6.15. The zero-order chi connectivity index (χ0) is 21.5. The minimum absolute atomic E-state index is 0. The third-order valence-corrected chi connectivity index (χ3v) is 5.22. The Kier molecular flexibility index (Phi) is 6.53. The van der Waals surface area contributed by atoms with E-state index in [2.05, 4.69) is 103 Å². The summed E-state index contributed by atoms with van der Waals surface area (Å²) in [6.07, 6.45) is 4.95. The van der Waals surface area contributed by atoms with Crippen molar-refractivity contribution in [2.75, 3.05) is 0 Å². The molecular formula is C25H26IrN5-. The summed E-state index contributed by atoms with van der Waals surface area (Å²) in [6.45, 7) is 12.6. The minimum Gasteiger partial charge on any atom is -0.338 e. The molecule has 0 amide bonds. The van der Waals surface area contributed by atoms with Gasteiger partial charge in [-0.15, -0.1) is 5.10 Å². The second-order valence-electron chi connectivity index (χ2n) is 8.71. The van der Waals surface area contributed by atoms with Crippen molar-refractivity contribution in [1.29, 1.82) is 0 Å². The monoisotopic (exact) mass is 589 g/mol. The van der Waals surface area contributed by atoms with Crippen molar-refractivity contribution in [2.24, 2.45) is 0 Å². The largest absolute Gasteiger partial charge is 0.338 e. The van der Waals surface area contributed by atoms with E-state index in [1.165, 1.54) is 0 Å². The van der Waals surface area contributed by atoms with Crippen molar-refractivity contribution in [3.8, 4) is 28.5 Å². The van der Waals surface area contributed by atoms with Crippen molar-refractivity contribution in [3.63, 3.8) is 0 Å². The van der Waals surface area contributed by atoms with Gasteiger partial charge in [0, 0.05) is 37.2 Å². The number of para-hydroxylation sites is 1. The third kappa shape index (κ3) is 4.36. The van der Waals surface area contributed by atoms with Crippen LogP contribution >= 0.6 is 0 Å². The Labute approximate surface area is 197 Å². The number of nitrogens with zero attached hydrogens (tertiary/aromatic N) is 5. The van der Waals surface area contributed by atoms with E-state index in [9.17, 15) is 0 Å². The van der Waals surface area contributed by atoms with Gasteiger partial charge >= 0.3 is 0 Å². The molecule has 0 fully saturated rings. The van der Waals surface area contributed by atoms with Gasteiger partial charge in [-0.2, -0.15) is 5.10 Å². The molecule has 0 aliphatic carbocycles. The predicted octanol–water partition coefficient (Wildman–Crippen LogP) is 5.41. The fourth-order valence-electron chi connectivity index (χ4n) is 3.59. The topological polar surface area (TPSA) is 56.5 Å².